The molecule has 0 saturated carbocycles. The lowest BCUT2D eigenvalue weighted by Crippen LogP contribution is -2.68. The number of nitrogens with one attached hydrogen (secondary N) is 1. The SMILES string of the molecule is CC(=O)N[C@@H]1[C@@H](OC(C)=O)[C@H](OC(C)=O)[C@@H](CO[C@H]2O[C@H](COC(C)=O)[C@@H](OC(C)=O)[C@H](OC(C)=O)[C@@H]2O[C@@H]2O[C@H](COC(C)=O)[C@H](OC(C)=O)[C@H](OC(C)=O)[C@H]2OC(C)=O)O[C@H]1O. The van der Waals surface area contributed by atoms with Gasteiger partial charge < -0.3 is 76.7 Å². The number of carbonyl (C=O) groups excluding carboxylic acids is 10. The Morgan fingerprint density at radius 2 is 0.750 bits per heavy atom. The third-order valence-corrected chi connectivity index (χ3v) is 8.95. The fourth-order valence-electron chi connectivity index (χ4n) is 6.90. The van der Waals surface area contributed by atoms with Gasteiger partial charge in [0.15, 0.2) is 67.7 Å². The van der Waals surface area contributed by atoms with E-state index in [1.54, 1.807) is 0 Å². The second-order valence-corrected chi connectivity index (χ2v) is 14.4. The molecule has 64 heavy (non-hydrogen) atoms. The molecule has 3 fully saturated rings. The molecule has 15 atom stereocenters. The van der Waals surface area contributed by atoms with Crippen LogP contribution in [-0.2, 0) is 114 Å². The van der Waals surface area contributed by atoms with Gasteiger partial charge in [-0.2, -0.15) is 0 Å². The van der Waals surface area contributed by atoms with Crippen molar-refractivity contribution in [3.63, 3.8) is 0 Å². The standard InChI is InChI=1S/C38H53NO25/c1-14(40)39-27-31(57-20(7)46)28(54-17(4)43)24(61-36(27)50)13-53-37-34(32(58-21(8)47)29(55-18(5)44)25(62-37)11-51-15(2)41)64-38-35(60-23(10)49)33(59-22(9)48)30(56-19(6)45)26(63-38)12-52-16(3)42/h24-38,50H,11-13H2,1-10H3,(H,39,40)/t24-,25-,26-,27-,28-,29-,30+,31-,32+,33+,34+,35-,36-,37+,38+/m1/s1. The van der Waals surface area contributed by atoms with Crippen LogP contribution in [0.4, 0.5) is 0 Å². The molecule has 3 rings (SSSR count). The van der Waals surface area contributed by atoms with Crippen molar-refractivity contribution in [3.05, 3.63) is 0 Å². The van der Waals surface area contributed by atoms with Gasteiger partial charge in [0, 0.05) is 69.2 Å². The number of ether oxygens (including phenoxy) is 14. The summed E-state index contributed by atoms with van der Waals surface area (Å²) in [5.41, 5.74) is 0. The summed E-state index contributed by atoms with van der Waals surface area (Å²) in [7, 11) is 0. The molecule has 26 nitrogen and oxygen atoms in total. The maximum Gasteiger partial charge on any atom is 0.303 e. The van der Waals surface area contributed by atoms with Crippen molar-refractivity contribution in [2.45, 2.75) is 161 Å². The lowest BCUT2D eigenvalue weighted by molar-refractivity contribution is -0.372. The summed E-state index contributed by atoms with van der Waals surface area (Å²) in [4.78, 5) is 123. The van der Waals surface area contributed by atoms with E-state index in [2.05, 4.69) is 5.32 Å². The maximum atomic E-state index is 12.8. The Morgan fingerprint density at radius 1 is 0.406 bits per heavy atom. The van der Waals surface area contributed by atoms with Gasteiger partial charge in [-0.3, -0.25) is 47.9 Å². The number of aliphatic hydroxyl groups excluding tert-OH is 1. The number of hydrogen-bond donors (Lipinski definition) is 2. The first-order valence-corrected chi connectivity index (χ1v) is 19.5. The smallest absolute Gasteiger partial charge is 0.303 e. The molecule has 0 bridgehead atoms. The van der Waals surface area contributed by atoms with Gasteiger partial charge in [-0.25, -0.2) is 0 Å². The molecule has 1 amide bonds. The van der Waals surface area contributed by atoms with Gasteiger partial charge in [0.2, 0.25) is 5.91 Å². The van der Waals surface area contributed by atoms with Crippen LogP contribution in [0.25, 0.3) is 0 Å². The molecule has 0 radical (unpaired) electrons. The minimum Gasteiger partial charge on any atom is -0.463 e. The first kappa shape index (κ1) is 52.8. The van der Waals surface area contributed by atoms with Crippen molar-refractivity contribution < 1.29 is 119 Å². The Morgan fingerprint density at radius 3 is 1.16 bits per heavy atom. The molecule has 3 aliphatic heterocycles. The fourth-order valence-corrected chi connectivity index (χ4v) is 6.90. The average Bonchev–Trinajstić information content (AvgIpc) is 3.14. The molecule has 0 aliphatic carbocycles. The highest BCUT2D eigenvalue weighted by atomic mass is 16.8. The van der Waals surface area contributed by atoms with Crippen LogP contribution in [0.3, 0.4) is 0 Å². The van der Waals surface area contributed by atoms with Gasteiger partial charge in [-0.1, -0.05) is 0 Å². The molecule has 3 heterocycles. The van der Waals surface area contributed by atoms with Crippen LogP contribution in [0.15, 0.2) is 0 Å². The zero-order valence-electron chi connectivity index (χ0n) is 36.5. The number of rotatable bonds is 17. The molecule has 360 valence electrons. The van der Waals surface area contributed by atoms with Crippen LogP contribution in [0.1, 0.15) is 69.2 Å². The lowest BCUT2D eigenvalue weighted by Gasteiger charge is -2.49. The summed E-state index contributed by atoms with van der Waals surface area (Å²) < 4.78 is 79.1. The molecule has 0 aromatic carbocycles. The highest BCUT2D eigenvalue weighted by Crippen LogP contribution is 2.36. The van der Waals surface area contributed by atoms with Gasteiger partial charge in [0.1, 0.15) is 37.6 Å². The Labute approximate surface area is 365 Å². The van der Waals surface area contributed by atoms with Crippen LogP contribution in [0.5, 0.6) is 0 Å². The highest BCUT2D eigenvalue weighted by molar-refractivity contribution is 5.74. The van der Waals surface area contributed by atoms with Gasteiger partial charge in [0.25, 0.3) is 0 Å². The summed E-state index contributed by atoms with van der Waals surface area (Å²) in [6, 6.07) is -1.49. The van der Waals surface area contributed by atoms with Gasteiger partial charge in [-0.05, 0) is 0 Å². The van der Waals surface area contributed by atoms with Crippen molar-refractivity contribution in [2.24, 2.45) is 0 Å². The minimum absolute atomic E-state index is 0.682. The largest absolute Gasteiger partial charge is 0.463 e. The van der Waals surface area contributed by atoms with Gasteiger partial charge in [-0.15, -0.1) is 0 Å². The Kier molecular flexibility index (Phi) is 19.8. The number of esters is 9. The van der Waals surface area contributed by atoms with Crippen molar-refractivity contribution in [2.75, 3.05) is 19.8 Å². The Hall–Kier alpha value is -5.54. The van der Waals surface area contributed by atoms with Crippen molar-refractivity contribution in [1.82, 2.24) is 5.32 Å². The zero-order valence-corrected chi connectivity index (χ0v) is 36.5. The third kappa shape index (κ3) is 15.6. The van der Waals surface area contributed by atoms with E-state index in [1.807, 2.05) is 0 Å². The maximum absolute atomic E-state index is 12.8. The van der Waals surface area contributed by atoms with Crippen LogP contribution in [-0.4, -0.2) is 177 Å². The van der Waals surface area contributed by atoms with Crippen LogP contribution in [0, 0.1) is 0 Å². The van der Waals surface area contributed by atoms with Crippen molar-refractivity contribution in [3.8, 4) is 0 Å². The number of amides is 1. The summed E-state index contributed by atoms with van der Waals surface area (Å²) >= 11 is 0. The number of carbonyl (C=O) groups is 10. The van der Waals surface area contributed by atoms with Crippen LogP contribution >= 0.6 is 0 Å². The predicted octanol–water partition coefficient (Wildman–Crippen LogP) is -2.29. The van der Waals surface area contributed by atoms with Crippen LogP contribution < -0.4 is 5.32 Å². The lowest BCUT2D eigenvalue weighted by atomic mass is 9.95. The topological polar surface area (TPSA) is 332 Å². The summed E-state index contributed by atoms with van der Waals surface area (Å²) in [6.07, 6.45) is -24.5. The number of hydrogen-bond acceptors (Lipinski definition) is 25. The molecule has 26 heteroatoms. The molecule has 3 aliphatic rings. The fraction of sp³-hybridized carbons (Fsp3) is 0.737. The van der Waals surface area contributed by atoms with Crippen molar-refractivity contribution >= 4 is 59.6 Å². The zero-order chi connectivity index (χ0) is 48.2. The number of aliphatic hydroxyl groups is 1. The van der Waals surface area contributed by atoms with E-state index >= 15 is 0 Å². The van der Waals surface area contributed by atoms with E-state index in [0.29, 0.717) is 0 Å². The second-order valence-electron chi connectivity index (χ2n) is 14.4. The van der Waals surface area contributed by atoms with E-state index in [1.165, 1.54) is 0 Å². The monoisotopic (exact) mass is 923 g/mol. The minimum atomic E-state index is -2.00. The Balaban J connectivity index is 2.25. The Bertz CT molecular complexity index is 1740. The van der Waals surface area contributed by atoms with E-state index in [4.69, 9.17) is 66.3 Å². The van der Waals surface area contributed by atoms with Gasteiger partial charge >= 0.3 is 53.7 Å². The molecule has 2 N–H and O–H groups in total. The van der Waals surface area contributed by atoms with Crippen molar-refractivity contribution in [1.29, 1.82) is 0 Å². The summed E-state index contributed by atoms with van der Waals surface area (Å²) in [6.45, 7) is 7.89. The second kappa shape index (κ2) is 23.9. The average molecular weight is 924 g/mol. The molecule has 0 spiro atoms. The summed E-state index contributed by atoms with van der Waals surface area (Å²) in [5.74, 6) is -9.16. The molecule has 3 saturated heterocycles. The molecular weight excluding hydrogens is 870 g/mol. The highest BCUT2D eigenvalue weighted by Gasteiger charge is 2.58. The van der Waals surface area contributed by atoms with E-state index in [-0.39, 0.29) is 0 Å². The molecule has 0 unspecified atom stereocenters. The van der Waals surface area contributed by atoms with Crippen LogP contribution in [0.2, 0.25) is 0 Å². The normalized spacial score (nSPS) is 32.3. The summed E-state index contributed by atoms with van der Waals surface area (Å²) in [5, 5.41) is 13.4. The van der Waals surface area contributed by atoms with E-state index < -0.39 is 172 Å². The molecule has 0 aromatic heterocycles. The van der Waals surface area contributed by atoms with E-state index in [9.17, 15) is 53.1 Å². The molecular formula is C38H53NO25. The quantitative estimate of drug-likeness (QED) is 0.114. The first-order chi connectivity index (χ1) is 29.9. The predicted molar refractivity (Wildman–Crippen MR) is 199 cm³/mol. The van der Waals surface area contributed by atoms with E-state index in [0.717, 1.165) is 69.2 Å². The molecule has 0 aromatic rings. The third-order valence-electron chi connectivity index (χ3n) is 8.95. The van der Waals surface area contributed by atoms with Gasteiger partial charge in [0.05, 0.1) is 6.61 Å². The first-order valence-electron chi connectivity index (χ1n) is 19.5.